The summed E-state index contributed by atoms with van der Waals surface area (Å²) in [7, 11) is 0. The minimum Gasteiger partial charge on any atom is -0.504 e. The number of nitrogens with zero attached hydrogens (tertiary/aromatic N) is 2. The molecule has 0 fully saturated rings. The van der Waals surface area contributed by atoms with Crippen LogP contribution < -0.4 is 5.32 Å². The lowest BCUT2D eigenvalue weighted by molar-refractivity contribution is 0.102. The molecule has 0 unspecified atom stereocenters. The molecule has 19 heavy (non-hydrogen) atoms. The van der Waals surface area contributed by atoms with Gasteiger partial charge in [0, 0.05) is 24.1 Å². The van der Waals surface area contributed by atoms with Crippen molar-refractivity contribution >= 4 is 11.7 Å². The average molecular weight is 259 g/mol. The van der Waals surface area contributed by atoms with Gasteiger partial charge in [-0.3, -0.25) is 4.79 Å². The van der Waals surface area contributed by atoms with E-state index in [1.807, 2.05) is 26.8 Å². The van der Waals surface area contributed by atoms with E-state index in [1.165, 1.54) is 12.3 Å². The molecule has 0 aliphatic heterocycles. The highest BCUT2D eigenvalue weighted by Gasteiger charge is 2.16. The van der Waals surface area contributed by atoms with Gasteiger partial charge in [-0.15, -0.1) is 0 Å². The number of aromatic nitrogens is 2. The van der Waals surface area contributed by atoms with E-state index in [0.29, 0.717) is 5.56 Å². The van der Waals surface area contributed by atoms with Gasteiger partial charge in [0.05, 0.1) is 5.56 Å². The van der Waals surface area contributed by atoms with E-state index in [4.69, 9.17) is 0 Å². The molecular weight excluding hydrogens is 242 g/mol. The highest BCUT2D eigenvalue weighted by atomic mass is 16.3. The summed E-state index contributed by atoms with van der Waals surface area (Å²) in [6.07, 6.45) is 1.52. The zero-order chi connectivity index (χ0) is 14.0. The van der Waals surface area contributed by atoms with Crippen LogP contribution in [-0.2, 0) is 6.54 Å². The molecule has 0 radical (unpaired) electrons. The number of carbonyl (C=O) groups excluding carboxylic acids is 1. The molecule has 0 aliphatic rings. The summed E-state index contributed by atoms with van der Waals surface area (Å²) in [6.45, 7) is 6.72. The number of hydrogen-bond acceptors (Lipinski definition) is 3. The number of carbonyl (C=O) groups is 1. The molecule has 0 saturated heterocycles. The van der Waals surface area contributed by atoms with Crippen molar-refractivity contribution in [3.05, 3.63) is 41.3 Å². The Bertz CT molecular complexity index is 617. The number of hydrogen-bond donors (Lipinski definition) is 2. The molecule has 5 nitrogen and oxygen atoms in total. The van der Waals surface area contributed by atoms with Gasteiger partial charge in [-0.2, -0.15) is 0 Å². The molecular formula is C14H17N3O2. The van der Waals surface area contributed by atoms with Gasteiger partial charge in [-0.1, -0.05) is 0 Å². The number of nitrogens with one attached hydrogen (secondary N) is 1. The SMILES string of the molecule is CCn1c(C)cc(C(=O)Nc2ncccc2O)c1C. The van der Waals surface area contributed by atoms with E-state index in [2.05, 4.69) is 14.9 Å². The number of rotatable bonds is 3. The molecule has 0 spiro atoms. The van der Waals surface area contributed by atoms with Crippen LogP contribution in [-0.4, -0.2) is 20.6 Å². The number of anilines is 1. The lowest BCUT2D eigenvalue weighted by atomic mass is 10.2. The first-order valence-electron chi connectivity index (χ1n) is 6.16. The van der Waals surface area contributed by atoms with E-state index in [9.17, 15) is 9.90 Å². The normalized spacial score (nSPS) is 10.5. The predicted molar refractivity (Wildman–Crippen MR) is 73.4 cm³/mol. The van der Waals surface area contributed by atoms with Crippen molar-refractivity contribution in [3.63, 3.8) is 0 Å². The summed E-state index contributed by atoms with van der Waals surface area (Å²) >= 11 is 0. The summed E-state index contributed by atoms with van der Waals surface area (Å²) < 4.78 is 2.06. The van der Waals surface area contributed by atoms with Crippen molar-refractivity contribution < 1.29 is 9.90 Å². The fourth-order valence-corrected chi connectivity index (χ4v) is 2.19. The highest BCUT2D eigenvalue weighted by molar-refractivity contribution is 6.05. The summed E-state index contributed by atoms with van der Waals surface area (Å²) in [5, 5.41) is 12.2. The molecule has 0 atom stereocenters. The van der Waals surface area contributed by atoms with Crippen LogP contribution in [0.4, 0.5) is 5.82 Å². The summed E-state index contributed by atoms with van der Waals surface area (Å²) in [5.41, 5.74) is 2.55. The van der Waals surface area contributed by atoms with Crippen LogP contribution in [0.3, 0.4) is 0 Å². The Kier molecular flexibility index (Phi) is 3.55. The Morgan fingerprint density at radius 2 is 2.21 bits per heavy atom. The fourth-order valence-electron chi connectivity index (χ4n) is 2.19. The minimum atomic E-state index is -0.262. The molecule has 2 rings (SSSR count). The first-order valence-corrected chi connectivity index (χ1v) is 6.16. The van der Waals surface area contributed by atoms with Crippen LogP contribution in [0.5, 0.6) is 5.75 Å². The third-order valence-corrected chi connectivity index (χ3v) is 3.15. The Morgan fingerprint density at radius 1 is 1.47 bits per heavy atom. The Balaban J connectivity index is 2.29. The Labute approximate surface area is 111 Å². The van der Waals surface area contributed by atoms with Gasteiger partial charge in [-0.25, -0.2) is 4.98 Å². The summed E-state index contributed by atoms with van der Waals surface area (Å²) in [4.78, 5) is 16.1. The molecule has 0 aromatic carbocycles. The van der Waals surface area contributed by atoms with Gasteiger partial charge in [-0.05, 0) is 39.0 Å². The van der Waals surface area contributed by atoms with E-state index >= 15 is 0 Å². The van der Waals surface area contributed by atoms with Gasteiger partial charge in [0.15, 0.2) is 11.6 Å². The second-order valence-electron chi connectivity index (χ2n) is 4.35. The van der Waals surface area contributed by atoms with Crippen molar-refractivity contribution in [1.82, 2.24) is 9.55 Å². The zero-order valence-electron chi connectivity index (χ0n) is 11.3. The number of pyridine rings is 1. The van der Waals surface area contributed by atoms with Crippen LogP contribution in [0, 0.1) is 13.8 Å². The molecule has 1 amide bonds. The first kappa shape index (κ1) is 13.1. The van der Waals surface area contributed by atoms with Crippen LogP contribution in [0.15, 0.2) is 24.4 Å². The summed E-state index contributed by atoms with van der Waals surface area (Å²) in [5.74, 6) is -0.129. The van der Waals surface area contributed by atoms with Gasteiger partial charge < -0.3 is 15.0 Å². The largest absolute Gasteiger partial charge is 0.504 e. The Morgan fingerprint density at radius 3 is 2.79 bits per heavy atom. The van der Waals surface area contributed by atoms with Crippen LogP contribution >= 0.6 is 0 Å². The zero-order valence-corrected chi connectivity index (χ0v) is 11.3. The minimum absolute atomic E-state index is 0.0415. The number of aromatic hydroxyl groups is 1. The fraction of sp³-hybridized carbons (Fsp3) is 0.286. The predicted octanol–water partition coefficient (Wildman–Crippen LogP) is 2.48. The molecule has 2 heterocycles. The van der Waals surface area contributed by atoms with E-state index in [1.54, 1.807) is 6.07 Å². The van der Waals surface area contributed by atoms with Gasteiger partial charge in [0.2, 0.25) is 0 Å². The molecule has 5 heteroatoms. The van der Waals surface area contributed by atoms with Crippen molar-refractivity contribution in [2.75, 3.05) is 5.32 Å². The summed E-state index contributed by atoms with van der Waals surface area (Å²) in [6, 6.07) is 4.93. The number of amides is 1. The monoisotopic (exact) mass is 259 g/mol. The first-order chi connectivity index (χ1) is 9.04. The standard InChI is InChI=1S/C14H17N3O2/c1-4-17-9(2)8-11(10(17)3)14(19)16-13-12(18)6-5-7-15-13/h5-8,18H,4H2,1-3H3,(H,15,16,19). The lowest BCUT2D eigenvalue weighted by Crippen LogP contribution is -2.14. The van der Waals surface area contributed by atoms with Gasteiger partial charge in [0.25, 0.3) is 5.91 Å². The van der Waals surface area contributed by atoms with Crippen molar-refractivity contribution in [3.8, 4) is 5.75 Å². The maximum Gasteiger partial charge on any atom is 0.258 e. The maximum atomic E-state index is 12.2. The Hall–Kier alpha value is -2.30. The quantitative estimate of drug-likeness (QED) is 0.889. The van der Waals surface area contributed by atoms with Crippen molar-refractivity contribution in [1.29, 1.82) is 0 Å². The van der Waals surface area contributed by atoms with Crippen molar-refractivity contribution in [2.45, 2.75) is 27.3 Å². The third-order valence-electron chi connectivity index (χ3n) is 3.15. The average Bonchev–Trinajstić information content (AvgIpc) is 2.67. The van der Waals surface area contributed by atoms with Crippen LogP contribution in [0.1, 0.15) is 28.7 Å². The smallest absolute Gasteiger partial charge is 0.258 e. The second kappa shape index (κ2) is 5.14. The molecule has 0 saturated carbocycles. The molecule has 100 valence electrons. The molecule has 0 bridgehead atoms. The lowest BCUT2D eigenvalue weighted by Gasteiger charge is -2.07. The molecule has 2 N–H and O–H groups in total. The third kappa shape index (κ3) is 2.45. The van der Waals surface area contributed by atoms with Crippen LogP contribution in [0.25, 0.3) is 0 Å². The number of aryl methyl sites for hydroxylation is 1. The van der Waals surface area contributed by atoms with E-state index in [-0.39, 0.29) is 17.5 Å². The van der Waals surface area contributed by atoms with Crippen molar-refractivity contribution in [2.24, 2.45) is 0 Å². The molecule has 0 aliphatic carbocycles. The molecule has 2 aromatic rings. The second-order valence-corrected chi connectivity index (χ2v) is 4.35. The molecule has 2 aromatic heterocycles. The highest BCUT2D eigenvalue weighted by Crippen LogP contribution is 2.21. The maximum absolute atomic E-state index is 12.2. The topological polar surface area (TPSA) is 67.2 Å². The van der Waals surface area contributed by atoms with Gasteiger partial charge in [0.1, 0.15) is 0 Å². The van der Waals surface area contributed by atoms with E-state index in [0.717, 1.165) is 17.9 Å². The van der Waals surface area contributed by atoms with Gasteiger partial charge >= 0.3 is 0 Å². The van der Waals surface area contributed by atoms with Crippen LogP contribution in [0.2, 0.25) is 0 Å². The van der Waals surface area contributed by atoms with E-state index < -0.39 is 0 Å².